The first-order chi connectivity index (χ1) is 18.8. The average Bonchev–Trinajstić information content (AvgIpc) is 3.71. The molecule has 39 heavy (non-hydrogen) atoms. The summed E-state index contributed by atoms with van der Waals surface area (Å²) < 4.78 is 52.0. The number of ether oxygens (including phenoxy) is 2. The molecule has 0 bridgehead atoms. The molecule has 0 radical (unpaired) electrons. The molecule has 5 aromatic rings. The Hall–Kier alpha value is -4.68. The van der Waals surface area contributed by atoms with Crippen molar-refractivity contribution >= 4 is 11.0 Å². The van der Waals surface area contributed by atoms with E-state index in [9.17, 15) is 13.2 Å². The summed E-state index contributed by atoms with van der Waals surface area (Å²) in [5.74, 6) is 1.41. The zero-order valence-electron chi connectivity index (χ0n) is 20.8. The molecule has 10 nitrogen and oxygen atoms in total. The number of imidazole rings is 1. The lowest BCUT2D eigenvalue weighted by molar-refractivity contribution is -0.140. The highest BCUT2D eigenvalue weighted by Crippen LogP contribution is 2.45. The molecule has 5 heterocycles. The molecule has 0 spiro atoms. The number of hydrogen-bond acceptors (Lipinski definition) is 9. The predicted molar refractivity (Wildman–Crippen MR) is 133 cm³/mol. The number of nitrogens with zero attached hydrogens (tertiary/aromatic N) is 8. The largest absolute Gasteiger partial charge is 0.480 e. The minimum atomic E-state index is -4.54. The molecule has 6 rings (SSSR count). The van der Waals surface area contributed by atoms with Crippen LogP contribution in [0.5, 0.6) is 11.8 Å². The van der Waals surface area contributed by atoms with Gasteiger partial charge in [-0.05, 0) is 31.0 Å². The van der Waals surface area contributed by atoms with Crippen LogP contribution in [0.2, 0.25) is 0 Å². The van der Waals surface area contributed by atoms with E-state index in [1.54, 1.807) is 24.4 Å². The van der Waals surface area contributed by atoms with Crippen LogP contribution in [-0.4, -0.2) is 46.6 Å². The fourth-order valence-corrected chi connectivity index (χ4v) is 4.20. The second-order valence-corrected chi connectivity index (χ2v) is 9.04. The van der Waals surface area contributed by atoms with Crippen LogP contribution >= 0.6 is 0 Å². The highest BCUT2D eigenvalue weighted by atomic mass is 19.4. The summed E-state index contributed by atoms with van der Waals surface area (Å²) in [5, 5.41) is 0. The highest BCUT2D eigenvalue weighted by molar-refractivity contribution is 5.82. The van der Waals surface area contributed by atoms with E-state index in [1.165, 1.54) is 31.2 Å². The quantitative estimate of drug-likeness (QED) is 0.292. The Morgan fingerprint density at radius 2 is 1.85 bits per heavy atom. The molecule has 0 atom stereocenters. The standard InChI is InChI=1S/C26H21F3N8O2/c1-37-11-18(26(27,28)29)35-23(37)17-8-5-14(10-31-17)12-39-25-21-16(4-3-9-30-21)34-22(36-25)19-20(15-6-7-15)32-13-33-24(19)38-2/h3-5,8-11,13,15H,6-7,12H2,1-2H3. The minimum absolute atomic E-state index is 0.0850. The van der Waals surface area contributed by atoms with Crippen molar-refractivity contribution in [3.05, 3.63) is 66.1 Å². The molecule has 198 valence electrons. The number of pyridine rings is 2. The number of methoxy groups -OCH3 is 1. The van der Waals surface area contributed by atoms with Gasteiger partial charge in [0, 0.05) is 37.1 Å². The Kier molecular flexibility index (Phi) is 6.04. The van der Waals surface area contributed by atoms with Crippen LogP contribution in [0.4, 0.5) is 13.2 Å². The predicted octanol–water partition coefficient (Wildman–Crippen LogP) is 4.76. The topological polar surface area (TPSA) is 114 Å². The number of fused-ring (bicyclic) bond motifs is 1. The third kappa shape index (κ3) is 4.82. The Morgan fingerprint density at radius 1 is 1.00 bits per heavy atom. The van der Waals surface area contributed by atoms with E-state index in [2.05, 4.69) is 29.9 Å². The monoisotopic (exact) mass is 534 g/mol. The van der Waals surface area contributed by atoms with E-state index in [0.717, 1.165) is 24.7 Å². The molecule has 5 aromatic heterocycles. The second kappa shape index (κ2) is 9.57. The van der Waals surface area contributed by atoms with Crippen LogP contribution < -0.4 is 9.47 Å². The van der Waals surface area contributed by atoms with E-state index in [-0.39, 0.29) is 18.3 Å². The molecule has 1 fully saturated rings. The van der Waals surface area contributed by atoms with E-state index >= 15 is 0 Å². The van der Waals surface area contributed by atoms with E-state index < -0.39 is 11.9 Å². The zero-order valence-corrected chi connectivity index (χ0v) is 20.8. The maximum Gasteiger partial charge on any atom is 0.434 e. The first-order valence-corrected chi connectivity index (χ1v) is 12.0. The summed E-state index contributed by atoms with van der Waals surface area (Å²) in [6.07, 6.45) is 3.05. The van der Waals surface area contributed by atoms with Crippen LogP contribution in [0.1, 0.15) is 35.7 Å². The van der Waals surface area contributed by atoms with Gasteiger partial charge in [0.05, 0.1) is 18.3 Å². The van der Waals surface area contributed by atoms with Gasteiger partial charge in [-0.1, -0.05) is 6.07 Å². The summed E-state index contributed by atoms with van der Waals surface area (Å²) in [6, 6.07) is 6.89. The first-order valence-electron chi connectivity index (χ1n) is 12.0. The van der Waals surface area contributed by atoms with Crippen molar-refractivity contribution in [3.63, 3.8) is 0 Å². The molecular formula is C26H21F3N8O2. The maximum absolute atomic E-state index is 13.0. The molecule has 0 aliphatic heterocycles. The van der Waals surface area contributed by atoms with Gasteiger partial charge < -0.3 is 14.0 Å². The number of hydrogen-bond donors (Lipinski definition) is 0. The SMILES string of the molecule is COc1ncnc(C2CC2)c1-c1nc(OCc2ccc(-c3nc(C(F)(F)F)cn3C)nc2)c2ncccc2n1. The first kappa shape index (κ1) is 24.6. The van der Waals surface area contributed by atoms with Gasteiger partial charge in [0.15, 0.2) is 22.9 Å². The molecule has 0 saturated heterocycles. The van der Waals surface area contributed by atoms with Crippen molar-refractivity contribution in [2.45, 2.75) is 31.5 Å². The number of alkyl halides is 3. The molecule has 1 aliphatic carbocycles. The molecule has 1 saturated carbocycles. The van der Waals surface area contributed by atoms with Gasteiger partial charge in [0.25, 0.3) is 0 Å². The average molecular weight is 535 g/mol. The molecule has 0 amide bonds. The lowest BCUT2D eigenvalue weighted by Gasteiger charge is -2.13. The van der Waals surface area contributed by atoms with Crippen molar-refractivity contribution in [1.82, 2.24) is 39.5 Å². The number of halogens is 3. The second-order valence-electron chi connectivity index (χ2n) is 9.04. The lowest BCUT2D eigenvalue weighted by atomic mass is 10.1. The van der Waals surface area contributed by atoms with Gasteiger partial charge in [-0.3, -0.25) is 4.98 Å². The van der Waals surface area contributed by atoms with Crippen molar-refractivity contribution in [2.24, 2.45) is 7.05 Å². The summed E-state index contributed by atoms with van der Waals surface area (Å²) in [7, 11) is 3.02. The van der Waals surface area contributed by atoms with Crippen molar-refractivity contribution in [3.8, 4) is 34.7 Å². The summed E-state index contributed by atoms with van der Waals surface area (Å²) in [4.78, 5) is 30.5. The normalized spacial score (nSPS) is 13.6. The van der Waals surface area contributed by atoms with Gasteiger partial charge in [0.1, 0.15) is 24.2 Å². The van der Waals surface area contributed by atoms with Crippen molar-refractivity contribution in [2.75, 3.05) is 7.11 Å². The Bertz CT molecular complexity index is 1670. The Balaban J connectivity index is 1.30. The molecular weight excluding hydrogens is 513 g/mol. The summed E-state index contributed by atoms with van der Waals surface area (Å²) >= 11 is 0. The summed E-state index contributed by atoms with van der Waals surface area (Å²) in [5.41, 5.74) is 2.51. The van der Waals surface area contributed by atoms with Gasteiger partial charge in [-0.15, -0.1) is 0 Å². The van der Waals surface area contributed by atoms with Crippen LogP contribution in [0.25, 0.3) is 33.9 Å². The van der Waals surface area contributed by atoms with Crippen LogP contribution in [0.3, 0.4) is 0 Å². The third-order valence-electron chi connectivity index (χ3n) is 6.24. The van der Waals surface area contributed by atoms with E-state index in [0.29, 0.717) is 45.5 Å². The van der Waals surface area contributed by atoms with Crippen molar-refractivity contribution < 1.29 is 22.6 Å². The van der Waals surface area contributed by atoms with Crippen LogP contribution in [-0.2, 0) is 19.8 Å². The van der Waals surface area contributed by atoms with Gasteiger partial charge >= 0.3 is 6.18 Å². The maximum atomic E-state index is 13.0. The fraction of sp³-hybridized carbons (Fsp3) is 0.269. The Labute approximate surface area is 220 Å². The van der Waals surface area contributed by atoms with E-state index in [1.807, 2.05) is 6.07 Å². The molecule has 1 aliphatic rings. The van der Waals surface area contributed by atoms with Gasteiger partial charge in [-0.25, -0.2) is 24.9 Å². The van der Waals surface area contributed by atoms with Crippen LogP contribution in [0.15, 0.2) is 49.2 Å². The van der Waals surface area contributed by atoms with Crippen LogP contribution in [0, 0.1) is 0 Å². The van der Waals surface area contributed by atoms with Crippen molar-refractivity contribution in [1.29, 1.82) is 0 Å². The summed E-state index contributed by atoms with van der Waals surface area (Å²) in [6.45, 7) is 0.0850. The number of rotatable bonds is 7. The number of aromatic nitrogens is 8. The molecule has 0 aromatic carbocycles. The van der Waals surface area contributed by atoms with Gasteiger partial charge in [-0.2, -0.15) is 18.2 Å². The number of aryl methyl sites for hydroxylation is 1. The lowest BCUT2D eigenvalue weighted by Crippen LogP contribution is -2.06. The molecule has 13 heteroatoms. The fourth-order valence-electron chi connectivity index (χ4n) is 4.20. The molecule has 0 unspecified atom stereocenters. The Morgan fingerprint density at radius 3 is 2.54 bits per heavy atom. The van der Waals surface area contributed by atoms with Gasteiger partial charge in [0.2, 0.25) is 11.8 Å². The smallest absolute Gasteiger partial charge is 0.434 e. The highest BCUT2D eigenvalue weighted by Gasteiger charge is 2.35. The zero-order chi connectivity index (χ0) is 27.1. The minimum Gasteiger partial charge on any atom is -0.480 e. The van der Waals surface area contributed by atoms with E-state index in [4.69, 9.17) is 14.5 Å². The third-order valence-corrected chi connectivity index (χ3v) is 6.24. The molecule has 0 N–H and O–H groups in total.